The minimum atomic E-state index is -0.427. The topological polar surface area (TPSA) is 87.4 Å². The maximum absolute atomic E-state index is 13.4. The number of aromatic hydroxyl groups is 1. The van der Waals surface area contributed by atoms with Gasteiger partial charge in [-0.25, -0.2) is 0 Å². The summed E-state index contributed by atoms with van der Waals surface area (Å²) in [5, 5.41) is 18.8. The van der Waals surface area contributed by atoms with Crippen LogP contribution in [-0.2, 0) is 11.2 Å². The second-order valence-electron chi connectivity index (χ2n) is 10.4. The molecule has 3 aromatic carbocycles. The van der Waals surface area contributed by atoms with Gasteiger partial charge in [-0.15, -0.1) is 0 Å². The van der Waals surface area contributed by atoms with Crippen LogP contribution in [-0.4, -0.2) is 35.7 Å². The van der Waals surface area contributed by atoms with E-state index >= 15 is 0 Å². The van der Waals surface area contributed by atoms with Crippen LogP contribution < -0.4 is 16.4 Å². The molecule has 37 heavy (non-hydrogen) atoms. The van der Waals surface area contributed by atoms with Crippen LogP contribution in [0.4, 0.5) is 0 Å². The van der Waals surface area contributed by atoms with Crippen molar-refractivity contribution in [2.24, 2.45) is 11.7 Å². The lowest BCUT2D eigenvalue weighted by Gasteiger charge is -2.25. The second-order valence-corrected chi connectivity index (χ2v) is 10.4. The van der Waals surface area contributed by atoms with Gasteiger partial charge in [-0.05, 0) is 59.2 Å². The van der Waals surface area contributed by atoms with Crippen molar-refractivity contribution < 1.29 is 9.90 Å². The SMILES string of the molecule is CCCC[C@H](N)CNC(=O)[C@H](Cc1ccc(O)cc1)N[C@H](/C=C/c1cccc2ccccc12)CC(C)C. The summed E-state index contributed by atoms with van der Waals surface area (Å²) in [6.45, 7) is 7.00. The van der Waals surface area contributed by atoms with Crippen LogP contribution in [0.1, 0.15) is 57.6 Å². The molecule has 0 aliphatic rings. The summed E-state index contributed by atoms with van der Waals surface area (Å²) in [6, 6.07) is 21.3. The van der Waals surface area contributed by atoms with Crippen LogP contribution in [0.15, 0.2) is 72.8 Å². The molecular formula is C32H43N3O2. The van der Waals surface area contributed by atoms with Gasteiger partial charge in [-0.2, -0.15) is 0 Å². The third kappa shape index (κ3) is 9.34. The fourth-order valence-corrected chi connectivity index (χ4v) is 4.60. The molecule has 0 saturated heterocycles. The number of phenols is 1. The number of unbranched alkanes of at least 4 members (excludes halogenated alkanes) is 1. The van der Waals surface area contributed by atoms with Crippen molar-refractivity contribution >= 4 is 22.8 Å². The Morgan fingerprint density at radius 2 is 1.76 bits per heavy atom. The Morgan fingerprint density at radius 3 is 2.49 bits per heavy atom. The number of nitrogens with two attached hydrogens (primary N) is 1. The summed E-state index contributed by atoms with van der Waals surface area (Å²) in [7, 11) is 0. The maximum Gasteiger partial charge on any atom is 0.237 e. The number of nitrogens with one attached hydrogen (secondary N) is 2. The molecule has 0 aliphatic heterocycles. The zero-order chi connectivity index (χ0) is 26.6. The Bertz CT molecular complexity index is 1130. The van der Waals surface area contributed by atoms with Gasteiger partial charge in [0.05, 0.1) is 6.04 Å². The summed E-state index contributed by atoms with van der Waals surface area (Å²) >= 11 is 0. The quantitative estimate of drug-likeness (QED) is 0.225. The van der Waals surface area contributed by atoms with E-state index < -0.39 is 6.04 Å². The molecule has 0 bridgehead atoms. The van der Waals surface area contributed by atoms with E-state index in [2.05, 4.69) is 86.0 Å². The minimum Gasteiger partial charge on any atom is -0.508 e. The van der Waals surface area contributed by atoms with Gasteiger partial charge in [0.25, 0.3) is 0 Å². The number of benzene rings is 3. The van der Waals surface area contributed by atoms with E-state index in [1.54, 1.807) is 12.1 Å². The molecule has 198 valence electrons. The lowest BCUT2D eigenvalue weighted by molar-refractivity contribution is -0.123. The molecule has 3 atom stereocenters. The Balaban J connectivity index is 1.80. The molecule has 3 rings (SSSR count). The van der Waals surface area contributed by atoms with E-state index in [4.69, 9.17) is 5.73 Å². The van der Waals surface area contributed by atoms with Crippen LogP contribution in [0.3, 0.4) is 0 Å². The summed E-state index contributed by atoms with van der Waals surface area (Å²) in [4.78, 5) is 13.4. The molecule has 0 spiro atoms. The highest BCUT2D eigenvalue weighted by molar-refractivity contribution is 5.90. The molecule has 1 amide bonds. The van der Waals surface area contributed by atoms with Crippen molar-refractivity contribution in [1.29, 1.82) is 0 Å². The molecule has 0 fully saturated rings. The molecule has 5 heteroatoms. The van der Waals surface area contributed by atoms with E-state index in [0.29, 0.717) is 18.9 Å². The van der Waals surface area contributed by atoms with Crippen LogP contribution in [0, 0.1) is 5.92 Å². The molecule has 5 N–H and O–H groups in total. The number of rotatable bonds is 14. The van der Waals surface area contributed by atoms with Gasteiger partial charge in [0.2, 0.25) is 5.91 Å². The fraction of sp³-hybridized carbons (Fsp3) is 0.406. The standard InChI is InChI=1S/C32H43N3O2/c1-4-5-12-27(33)22-34-32(37)31(21-24-14-18-29(36)19-15-24)35-28(20-23(2)3)17-16-26-11-8-10-25-9-6-7-13-30(25)26/h6-11,13-19,23,27-28,31,35-36H,4-5,12,20-22,33H2,1-3H3,(H,34,37)/b17-16+/t27-,28+,31-/m0/s1. The lowest BCUT2D eigenvalue weighted by Crippen LogP contribution is -2.51. The molecular weight excluding hydrogens is 458 g/mol. The van der Waals surface area contributed by atoms with Crippen LogP contribution in [0.5, 0.6) is 5.75 Å². The minimum absolute atomic E-state index is 0.0144. The Labute approximate surface area is 222 Å². The van der Waals surface area contributed by atoms with Crippen LogP contribution >= 0.6 is 0 Å². The third-order valence-corrected chi connectivity index (χ3v) is 6.63. The Kier molecular flexibility index (Phi) is 11.2. The smallest absolute Gasteiger partial charge is 0.237 e. The largest absolute Gasteiger partial charge is 0.508 e. The fourth-order valence-electron chi connectivity index (χ4n) is 4.60. The van der Waals surface area contributed by atoms with Crippen molar-refractivity contribution in [2.75, 3.05) is 6.54 Å². The van der Waals surface area contributed by atoms with Crippen molar-refractivity contribution in [1.82, 2.24) is 10.6 Å². The molecule has 0 saturated carbocycles. The molecule has 0 unspecified atom stereocenters. The van der Waals surface area contributed by atoms with Crippen molar-refractivity contribution in [3.05, 3.63) is 83.9 Å². The van der Waals surface area contributed by atoms with Gasteiger partial charge >= 0.3 is 0 Å². The highest BCUT2D eigenvalue weighted by Crippen LogP contribution is 2.21. The maximum atomic E-state index is 13.4. The van der Waals surface area contributed by atoms with Gasteiger partial charge in [0.15, 0.2) is 0 Å². The lowest BCUT2D eigenvalue weighted by atomic mass is 9.98. The average molecular weight is 502 g/mol. The molecule has 3 aromatic rings. The number of carbonyl (C=O) groups is 1. The number of hydrogen-bond donors (Lipinski definition) is 4. The van der Waals surface area contributed by atoms with E-state index in [1.165, 1.54) is 10.8 Å². The second kappa shape index (κ2) is 14.6. The normalized spacial score (nSPS) is 14.2. The third-order valence-electron chi connectivity index (χ3n) is 6.63. The highest BCUT2D eigenvalue weighted by atomic mass is 16.3. The van der Waals surface area contributed by atoms with Crippen molar-refractivity contribution in [3.63, 3.8) is 0 Å². The number of phenolic OH excluding ortho intramolecular Hbond substituents is 1. The molecule has 5 nitrogen and oxygen atoms in total. The van der Waals surface area contributed by atoms with Gasteiger partial charge in [0.1, 0.15) is 5.75 Å². The van der Waals surface area contributed by atoms with E-state index in [1.807, 2.05) is 12.1 Å². The van der Waals surface area contributed by atoms with Crippen LogP contribution in [0.25, 0.3) is 16.8 Å². The molecule has 0 aliphatic carbocycles. The summed E-state index contributed by atoms with van der Waals surface area (Å²) in [5.41, 5.74) is 8.38. The Hall–Kier alpha value is -3.15. The van der Waals surface area contributed by atoms with Gasteiger partial charge in [-0.3, -0.25) is 10.1 Å². The number of carbonyl (C=O) groups excluding carboxylic acids is 1. The van der Waals surface area contributed by atoms with Gasteiger partial charge in [-0.1, -0.05) is 100 Å². The monoisotopic (exact) mass is 501 g/mol. The number of fused-ring (bicyclic) bond motifs is 1. The van der Waals surface area contributed by atoms with Gasteiger partial charge < -0.3 is 16.2 Å². The Morgan fingerprint density at radius 1 is 1.03 bits per heavy atom. The van der Waals surface area contributed by atoms with Gasteiger partial charge in [0, 0.05) is 18.6 Å². The zero-order valence-electron chi connectivity index (χ0n) is 22.5. The predicted octanol–water partition coefficient (Wildman–Crippen LogP) is 5.81. The highest BCUT2D eigenvalue weighted by Gasteiger charge is 2.23. The number of amides is 1. The number of hydrogen-bond acceptors (Lipinski definition) is 4. The molecule has 0 heterocycles. The van der Waals surface area contributed by atoms with E-state index in [9.17, 15) is 9.90 Å². The zero-order valence-corrected chi connectivity index (χ0v) is 22.5. The van der Waals surface area contributed by atoms with E-state index in [-0.39, 0.29) is 23.7 Å². The first-order valence-corrected chi connectivity index (χ1v) is 13.6. The molecule has 0 radical (unpaired) electrons. The van der Waals surface area contributed by atoms with Crippen molar-refractivity contribution in [3.8, 4) is 5.75 Å². The molecule has 0 aromatic heterocycles. The first-order valence-electron chi connectivity index (χ1n) is 13.6. The first-order chi connectivity index (χ1) is 17.9. The summed E-state index contributed by atoms with van der Waals surface area (Å²) in [6.07, 6.45) is 8.82. The van der Waals surface area contributed by atoms with Crippen LogP contribution in [0.2, 0.25) is 0 Å². The van der Waals surface area contributed by atoms with Crippen molar-refractivity contribution in [2.45, 2.75) is 71.0 Å². The summed E-state index contributed by atoms with van der Waals surface area (Å²) < 4.78 is 0. The first kappa shape index (κ1) is 28.4. The predicted molar refractivity (Wildman–Crippen MR) is 155 cm³/mol. The average Bonchev–Trinajstić information content (AvgIpc) is 2.89. The van der Waals surface area contributed by atoms with E-state index in [0.717, 1.165) is 36.8 Å². The summed E-state index contributed by atoms with van der Waals surface area (Å²) in [5.74, 6) is 0.622.